The molecule has 0 spiro atoms. The molecule has 0 aromatic rings. The minimum absolute atomic E-state index is 0.110. The highest BCUT2D eigenvalue weighted by Crippen LogP contribution is 2.67. The molecule has 0 radical (unpaired) electrons. The molecule has 1 N–H and O–H groups in total. The Morgan fingerprint density at radius 3 is 2.33 bits per heavy atom. The topological polar surface area (TPSA) is 72.8 Å². The van der Waals surface area contributed by atoms with Gasteiger partial charge in [-0.2, -0.15) is 0 Å². The van der Waals surface area contributed by atoms with Crippen molar-refractivity contribution in [3.05, 3.63) is 0 Å². The SMILES string of the molecule is CC(=O)OC[C@@H](O)[C@H]1CC[C@H]2[C@@H]3CC[C@H]4C[C@@H](OC(C)=O)CC[C@]4(C)[C@H]3CC[C@]12C. The number of carbonyl (C=O) groups is 2. The summed E-state index contributed by atoms with van der Waals surface area (Å²) in [6.45, 7) is 7.98. The molecule has 0 amide bonds. The zero-order valence-electron chi connectivity index (χ0n) is 19.2. The molecular weight excluding hydrogens is 380 g/mol. The summed E-state index contributed by atoms with van der Waals surface area (Å²) in [6, 6.07) is 0. The third-order valence-corrected chi connectivity index (χ3v) is 9.95. The van der Waals surface area contributed by atoms with E-state index in [0.29, 0.717) is 17.3 Å². The fourth-order valence-electron chi connectivity index (χ4n) is 8.55. The van der Waals surface area contributed by atoms with Crippen LogP contribution in [0.15, 0.2) is 0 Å². The van der Waals surface area contributed by atoms with Crippen LogP contribution < -0.4 is 0 Å². The molecule has 0 aromatic heterocycles. The molecule has 170 valence electrons. The van der Waals surface area contributed by atoms with Gasteiger partial charge in [-0.05, 0) is 98.2 Å². The lowest BCUT2D eigenvalue weighted by molar-refractivity contribution is -0.162. The Bertz CT molecular complexity index is 676. The minimum atomic E-state index is -0.549. The zero-order chi connectivity index (χ0) is 21.7. The Morgan fingerprint density at radius 2 is 1.63 bits per heavy atom. The molecule has 5 nitrogen and oxygen atoms in total. The fourth-order valence-corrected chi connectivity index (χ4v) is 8.55. The van der Waals surface area contributed by atoms with Gasteiger partial charge in [0.25, 0.3) is 0 Å². The summed E-state index contributed by atoms with van der Waals surface area (Å²) < 4.78 is 10.7. The number of ether oxygens (including phenoxy) is 2. The number of aliphatic hydroxyl groups is 1. The van der Waals surface area contributed by atoms with Crippen molar-refractivity contribution < 1.29 is 24.2 Å². The number of rotatable bonds is 4. The van der Waals surface area contributed by atoms with Gasteiger partial charge in [-0.3, -0.25) is 9.59 Å². The summed E-state index contributed by atoms with van der Waals surface area (Å²) in [5.41, 5.74) is 0.508. The van der Waals surface area contributed by atoms with E-state index in [4.69, 9.17) is 9.47 Å². The van der Waals surface area contributed by atoms with E-state index in [0.717, 1.165) is 37.5 Å². The van der Waals surface area contributed by atoms with E-state index >= 15 is 0 Å². The van der Waals surface area contributed by atoms with Gasteiger partial charge in [0.15, 0.2) is 0 Å². The maximum Gasteiger partial charge on any atom is 0.302 e. The average Bonchev–Trinajstić information content (AvgIpc) is 3.03. The van der Waals surface area contributed by atoms with Crippen molar-refractivity contribution in [1.29, 1.82) is 0 Å². The van der Waals surface area contributed by atoms with Crippen LogP contribution >= 0.6 is 0 Å². The van der Waals surface area contributed by atoms with E-state index in [2.05, 4.69) is 13.8 Å². The quantitative estimate of drug-likeness (QED) is 0.678. The van der Waals surface area contributed by atoms with Crippen LogP contribution in [0.3, 0.4) is 0 Å². The normalized spacial score (nSPS) is 46.2. The molecule has 4 rings (SSSR count). The second kappa shape index (κ2) is 8.11. The van der Waals surface area contributed by atoms with E-state index in [1.54, 1.807) is 0 Å². The number of hydrogen-bond donors (Lipinski definition) is 1. The molecule has 4 aliphatic carbocycles. The zero-order valence-corrected chi connectivity index (χ0v) is 19.2. The van der Waals surface area contributed by atoms with Crippen molar-refractivity contribution in [1.82, 2.24) is 0 Å². The summed E-state index contributed by atoms with van der Waals surface area (Å²) in [5, 5.41) is 10.8. The van der Waals surface area contributed by atoms with Crippen LogP contribution in [0.25, 0.3) is 0 Å². The molecule has 0 saturated heterocycles. The smallest absolute Gasteiger partial charge is 0.302 e. The largest absolute Gasteiger partial charge is 0.463 e. The van der Waals surface area contributed by atoms with Crippen LogP contribution in [0.5, 0.6) is 0 Å². The molecule has 30 heavy (non-hydrogen) atoms. The Kier molecular flexibility index (Phi) is 5.97. The van der Waals surface area contributed by atoms with Gasteiger partial charge in [0.05, 0.1) is 6.10 Å². The summed E-state index contributed by atoms with van der Waals surface area (Å²) in [4.78, 5) is 22.6. The van der Waals surface area contributed by atoms with E-state index in [1.165, 1.54) is 46.0 Å². The monoisotopic (exact) mass is 420 g/mol. The second-order valence-electron chi connectivity index (χ2n) is 11.3. The molecule has 0 aromatic carbocycles. The predicted molar refractivity (Wildman–Crippen MR) is 113 cm³/mol. The highest BCUT2D eigenvalue weighted by atomic mass is 16.5. The van der Waals surface area contributed by atoms with Crippen molar-refractivity contribution in [3.63, 3.8) is 0 Å². The van der Waals surface area contributed by atoms with Crippen LogP contribution in [-0.2, 0) is 19.1 Å². The Morgan fingerprint density at radius 1 is 0.933 bits per heavy atom. The molecule has 4 fully saturated rings. The molecule has 0 aliphatic heterocycles. The van der Waals surface area contributed by atoms with Gasteiger partial charge in [0, 0.05) is 13.8 Å². The van der Waals surface area contributed by atoms with Crippen LogP contribution in [0, 0.1) is 40.4 Å². The van der Waals surface area contributed by atoms with E-state index in [9.17, 15) is 14.7 Å². The Balaban J connectivity index is 1.47. The van der Waals surface area contributed by atoms with Gasteiger partial charge in [0.2, 0.25) is 0 Å². The lowest BCUT2D eigenvalue weighted by atomic mass is 9.44. The first-order chi connectivity index (χ1) is 14.1. The van der Waals surface area contributed by atoms with Gasteiger partial charge in [0.1, 0.15) is 12.7 Å². The third kappa shape index (κ3) is 3.69. The number of hydrogen-bond acceptors (Lipinski definition) is 5. The molecule has 0 bridgehead atoms. The molecule has 4 saturated carbocycles. The molecule has 5 heteroatoms. The highest BCUT2D eigenvalue weighted by Gasteiger charge is 2.61. The van der Waals surface area contributed by atoms with Crippen LogP contribution in [0.4, 0.5) is 0 Å². The van der Waals surface area contributed by atoms with Gasteiger partial charge in [-0.1, -0.05) is 13.8 Å². The standard InChI is InChI=1S/C25H40O5/c1-15(26)29-14-23(28)22-8-7-20-19-6-5-17-13-18(30-16(2)27)9-11-24(17,3)21(19)10-12-25(20,22)4/h17-23,28H,5-14H2,1-4H3/t17-,18-,19-,20-,21-,22+,23+,24-,25-/m0/s1. The maximum absolute atomic E-state index is 11.4. The van der Waals surface area contributed by atoms with Gasteiger partial charge < -0.3 is 14.6 Å². The number of aliphatic hydroxyl groups excluding tert-OH is 1. The molecular formula is C25H40O5. The molecule has 9 atom stereocenters. The van der Waals surface area contributed by atoms with Crippen LogP contribution in [0.1, 0.15) is 85.5 Å². The molecule has 4 aliphatic rings. The average molecular weight is 421 g/mol. The van der Waals surface area contributed by atoms with Crippen molar-refractivity contribution in [2.75, 3.05) is 6.61 Å². The van der Waals surface area contributed by atoms with Gasteiger partial charge >= 0.3 is 11.9 Å². The second-order valence-corrected chi connectivity index (χ2v) is 11.3. The summed E-state index contributed by atoms with van der Waals surface area (Å²) in [6.07, 6.45) is 9.90. The van der Waals surface area contributed by atoms with Crippen molar-refractivity contribution in [2.24, 2.45) is 40.4 Å². The fraction of sp³-hybridized carbons (Fsp3) is 0.920. The first-order valence-corrected chi connectivity index (χ1v) is 12.1. The van der Waals surface area contributed by atoms with E-state index in [-0.39, 0.29) is 36.0 Å². The molecule has 0 heterocycles. The number of esters is 2. The van der Waals surface area contributed by atoms with E-state index in [1.807, 2.05) is 0 Å². The predicted octanol–water partition coefficient (Wildman–Crippen LogP) is 4.50. The summed E-state index contributed by atoms with van der Waals surface area (Å²) >= 11 is 0. The van der Waals surface area contributed by atoms with Crippen LogP contribution in [-0.4, -0.2) is 35.9 Å². The lowest BCUT2D eigenvalue weighted by Gasteiger charge is -2.61. The van der Waals surface area contributed by atoms with Gasteiger partial charge in [-0.25, -0.2) is 0 Å². The highest BCUT2D eigenvalue weighted by molar-refractivity contribution is 5.66. The van der Waals surface area contributed by atoms with E-state index < -0.39 is 6.10 Å². The Labute approximate surface area is 181 Å². The third-order valence-electron chi connectivity index (χ3n) is 9.95. The molecule has 0 unspecified atom stereocenters. The summed E-state index contributed by atoms with van der Waals surface area (Å²) in [5.74, 6) is 2.58. The number of carbonyl (C=O) groups excluding carboxylic acids is 2. The lowest BCUT2D eigenvalue weighted by Crippen LogP contribution is -2.54. The van der Waals surface area contributed by atoms with Crippen molar-refractivity contribution >= 4 is 11.9 Å². The van der Waals surface area contributed by atoms with Crippen molar-refractivity contribution in [2.45, 2.75) is 97.7 Å². The first kappa shape index (κ1) is 22.1. The maximum atomic E-state index is 11.4. The van der Waals surface area contributed by atoms with Gasteiger partial charge in [-0.15, -0.1) is 0 Å². The van der Waals surface area contributed by atoms with Crippen molar-refractivity contribution in [3.8, 4) is 0 Å². The first-order valence-electron chi connectivity index (χ1n) is 12.1. The summed E-state index contributed by atoms with van der Waals surface area (Å²) in [7, 11) is 0. The number of fused-ring (bicyclic) bond motifs is 5. The Hall–Kier alpha value is -1.10. The van der Waals surface area contributed by atoms with Crippen LogP contribution in [0.2, 0.25) is 0 Å². The minimum Gasteiger partial charge on any atom is -0.463 e.